The molecule has 0 spiro atoms. The highest BCUT2D eigenvalue weighted by molar-refractivity contribution is 5.62. The number of aromatic nitrogens is 1. The third kappa shape index (κ3) is 1.83. The second kappa shape index (κ2) is 3.73. The van der Waals surface area contributed by atoms with Crippen molar-refractivity contribution < 1.29 is 13.2 Å². The van der Waals surface area contributed by atoms with E-state index in [1.54, 1.807) is 18.3 Å². The second-order valence-corrected chi connectivity index (χ2v) is 3.00. The van der Waals surface area contributed by atoms with E-state index in [0.29, 0.717) is 5.56 Å². The minimum atomic E-state index is -1.46. The van der Waals surface area contributed by atoms with Crippen molar-refractivity contribution in [2.75, 3.05) is 0 Å². The Balaban J connectivity index is 2.56. The highest BCUT2D eigenvalue weighted by atomic mass is 19.2. The molecule has 0 saturated carbocycles. The smallest absolute Gasteiger partial charge is 0.194 e. The van der Waals surface area contributed by atoms with Crippen molar-refractivity contribution in [1.29, 1.82) is 0 Å². The first-order valence-electron chi connectivity index (χ1n) is 4.23. The van der Waals surface area contributed by atoms with E-state index in [2.05, 4.69) is 4.98 Å². The molecular formula is C11H6F3N. The number of pyridine rings is 1. The Hall–Kier alpha value is -1.84. The zero-order valence-electron chi connectivity index (χ0n) is 7.55. The summed E-state index contributed by atoms with van der Waals surface area (Å²) in [5, 5.41) is 0. The highest BCUT2D eigenvalue weighted by Gasteiger charge is 2.11. The fourth-order valence-corrected chi connectivity index (χ4v) is 1.26. The maximum Gasteiger partial charge on any atom is 0.194 e. The number of nitrogens with zero attached hydrogens (tertiary/aromatic N) is 1. The first-order chi connectivity index (χ1) is 7.18. The molecule has 0 radical (unpaired) electrons. The van der Waals surface area contributed by atoms with Gasteiger partial charge < -0.3 is 0 Å². The number of benzene rings is 1. The van der Waals surface area contributed by atoms with Crippen LogP contribution in [0.25, 0.3) is 11.1 Å². The Bertz CT molecular complexity index is 459. The van der Waals surface area contributed by atoms with E-state index in [1.165, 1.54) is 6.20 Å². The first kappa shape index (κ1) is 9.71. The average molecular weight is 209 g/mol. The lowest BCUT2D eigenvalue weighted by Crippen LogP contribution is -1.91. The Morgan fingerprint density at radius 2 is 1.60 bits per heavy atom. The van der Waals surface area contributed by atoms with Gasteiger partial charge in [0.2, 0.25) is 0 Å². The summed E-state index contributed by atoms with van der Waals surface area (Å²) in [5.41, 5.74) is 0.801. The van der Waals surface area contributed by atoms with Crippen LogP contribution in [0.2, 0.25) is 0 Å². The minimum absolute atomic E-state index is 0.263. The van der Waals surface area contributed by atoms with Gasteiger partial charge in [-0.25, -0.2) is 13.2 Å². The summed E-state index contributed by atoms with van der Waals surface area (Å²) in [6.45, 7) is 0. The summed E-state index contributed by atoms with van der Waals surface area (Å²) in [4.78, 5) is 3.80. The van der Waals surface area contributed by atoms with Crippen LogP contribution in [0.3, 0.4) is 0 Å². The molecule has 76 valence electrons. The zero-order valence-corrected chi connectivity index (χ0v) is 7.55. The zero-order chi connectivity index (χ0) is 10.8. The molecule has 0 aliphatic rings. The minimum Gasteiger partial charge on any atom is -0.264 e. The largest absolute Gasteiger partial charge is 0.264 e. The van der Waals surface area contributed by atoms with Gasteiger partial charge in [-0.15, -0.1) is 0 Å². The molecule has 0 atom stereocenters. The Morgan fingerprint density at radius 1 is 0.933 bits per heavy atom. The summed E-state index contributed by atoms with van der Waals surface area (Å²) < 4.78 is 38.4. The lowest BCUT2D eigenvalue weighted by molar-refractivity contribution is 0.447. The topological polar surface area (TPSA) is 12.9 Å². The summed E-state index contributed by atoms with van der Waals surface area (Å²) in [6.07, 6.45) is 2.99. The van der Waals surface area contributed by atoms with Crippen LogP contribution in [-0.2, 0) is 0 Å². The van der Waals surface area contributed by atoms with Gasteiger partial charge in [-0.2, -0.15) is 0 Å². The van der Waals surface area contributed by atoms with Gasteiger partial charge in [0.15, 0.2) is 17.5 Å². The van der Waals surface area contributed by atoms with Crippen molar-refractivity contribution in [2.45, 2.75) is 0 Å². The lowest BCUT2D eigenvalue weighted by atomic mass is 10.1. The molecule has 0 aliphatic heterocycles. The van der Waals surface area contributed by atoms with E-state index in [0.717, 1.165) is 12.1 Å². The van der Waals surface area contributed by atoms with Crippen LogP contribution in [-0.4, -0.2) is 4.98 Å². The second-order valence-electron chi connectivity index (χ2n) is 3.00. The van der Waals surface area contributed by atoms with Gasteiger partial charge in [0.25, 0.3) is 0 Å². The molecule has 2 aromatic rings. The molecule has 0 fully saturated rings. The van der Waals surface area contributed by atoms with Gasteiger partial charge in [-0.05, 0) is 23.8 Å². The van der Waals surface area contributed by atoms with Crippen molar-refractivity contribution in [3.05, 3.63) is 54.1 Å². The van der Waals surface area contributed by atoms with Crippen molar-refractivity contribution in [2.24, 2.45) is 0 Å². The molecule has 0 amide bonds. The van der Waals surface area contributed by atoms with E-state index in [-0.39, 0.29) is 5.56 Å². The SMILES string of the molecule is Fc1cc(-c2cccnc2)cc(F)c1F. The standard InChI is InChI=1S/C11H6F3N/c12-9-4-8(5-10(13)11(9)14)7-2-1-3-15-6-7/h1-6H. The number of halogens is 3. The molecule has 0 bridgehead atoms. The summed E-state index contributed by atoms with van der Waals surface area (Å²) in [6, 6.07) is 5.15. The monoisotopic (exact) mass is 209 g/mol. The van der Waals surface area contributed by atoms with Crippen LogP contribution in [0.15, 0.2) is 36.7 Å². The number of hydrogen-bond acceptors (Lipinski definition) is 1. The van der Waals surface area contributed by atoms with Gasteiger partial charge >= 0.3 is 0 Å². The van der Waals surface area contributed by atoms with Gasteiger partial charge in [-0.3, -0.25) is 4.98 Å². The van der Waals surface area contributed by atoms with E-state index in [9.17, 15) is 13.2 Å². The Labute approximate surface area is 84.2 Å². The lowest BCUT2D eigenvalue weighted by Gasteiger charge is -2.02. The van der Waals surface area contributed by atoms with Crippen LogP contribution in [0, 0.1) is 17.5 Å². The van der Waals surface area contributed by atoms with Crippen LogP contribution in [0.4, 0.5) is 13.2 Å². The van der Waals surface area contributed by atoms with Crippen LogP contribution in [0.5, 0.6) is 0 Å². The van der Waals surface area contributed by atoms with Gasteiger partial charge in [-0.1, -0.05) is 6.07 Å². The fraction of sp³-hybridized carbons (Fsp3) is 0. The molecular weight excluding hydrogens is 203 g/mol. The molecule has 0 N–H and O–H groups in total. The third-order valence-electron chi connectivity index (χ3n) is 1.98. The number of hydrogen-bond donors (Lipinski definition) is 0. The molecule has 1 heterocycles. The summed E-state index contributed by atoms with van der Waals surface area (Å²) in [7, 11) is 0. The van der Waals surface area contributed by atoms with Crippen molar-refractivity contribution >= 4 is 0 Å². The van der Waals surface area contributed by atoms with Crippen LogP contribution in [0.1, 0.15) is 0 Å². The molecule has 15 heavy (non-hydrogen) atoms. The highest BCUT2D eigenvalue weighted by Crippen LogP contribution is 2.22. The van der Waals surface area contributed by atoms with Crippen molar-refractivity contribution in [3.8, 4) is 11.1 Å². The molecule has 1 aromatic carbocycles. The van der Waals surface area contributed by atoms with Gasteiger partial charge in [0.05, 0.1) is 0 Å². The van der Waals surface area contributed by atoms with E-state index < -0.39 is 17.5 Å². The maximum absolute atomic E-state index is 12.9. The Kier molecular flexibility index (Phi) is 2.41. The summed E-state index contributed by atoms with van der Waals surface area (Å²) in [5.74, 6) is -3.86. The molecule has 0 aliphatic carbocycles. The predicted molar refractivity (Wildman–Crippen MR) is 49.5 cm³/mol. The van der Waals surface area contributed by atoms with E-state index in [1.807, 2.05) is 0 Å². The molecule has 0 saturated heterocycles. The van der Waals surface area contributed by atoms with Crippen LogP contribution >= 0.6 is 0 Å². The first-order valence-corrected chi connectivity index (χ1v) is 4.23. The van der Waals surface area contributed by atoms with Crippen molar-refractivity contribution in [3.63, 3.8) is 0 Å². The normalized spacial score (nSPS) is 10.3. The predicted octanol–water partition coefficient (Wildman–Crippen LogP) is 3.17. The molecule has 1 aromatic heterocycles. The van der Waals surface area contributed by atoms with Crippen molar-refractivity contribution in [1.82, 2.24) is 4.98 Å². The van der Waals surface area contributed by atoms with Gasteiger partial charge in [0, 0.05) is 18.0 Å². The van der Waals surface area contributed by atoms with E-state index >= 15 is 0 Å². The maximum atomic E-state index is 12.9. The summed E-state index contributed by atoms with van der Waals surface area (Å²) >= 11 is 0. The molecule has 4 heteroatoms. The molecule has 1 nitrogen and oxygen atoms in total. The van der Waals surface area contributed by atoms with Crippen LogP contribution < -0.4 is 0 Å². The quantitative estimate of drug-likeness (QED) is 0.657. The fourth-order valence-electron chi connectivity index (χ4n) is 1.26. The Morgan fingerprint density at radius 3 is 2.13 bits per heavy atom. The third-order valence-corrected chi connectivity index (χ3v) is 1.98. The van der Waals surface area contributed by atoms with E-state index in [4.69, 9.17) is 0 Å². The average Bonchev–Trinajstić information content (AvgIpc) is 2.26. The molecule has 0 unspecified atom stereocenters. The van der Waals surface area contributed by atoms with Gasteiger partial charge in [0.1, 0.15) is 0 Å². The molecule has 2 rings (SSSR count). The number of rotatable bonds is 1.